The highest BCUT2D eigenvalue weighted by Gasteiger charge is 2.35. The van der Waals surface area contributed by atoms with E-state index in [1.54, 1.807) is 0 Å². The summed E-state index contributed by atoms with van der Waals surface area (Å²) in [6.07, 6.45) is 2.70. The zero-order chi connectivity index (χ0) is 15.0. The molecule has 2 aliphatic heterocycles. The van der Waals surface area contributed by atoms with Crippen LogP contribution in [0.4, 0.5) is 11.5 Å². The van der Waals surface area contributed by atoms with Crippen LogP contribution in [0.1, 0.15) is 33.6 Å². The molecule has 2 saturated heterocycles. The number of ether oxygens (including phenoxy) is 1. The van der Waals surface area contributed by atoms with Crippen LogP contribution in [0.2, 0.25) is 0 Å². The van der Waals surface area contributed by atoms with Crippen LogP contribution < -0.4 is 15.4 Å². The number of nitrogen functional groups attached to an aromatic ring is 1. The fourth-order valence-electron chi connectivity index (χ4n) is 3.43. The smallest absolute Gasteiger partial charge is 0.239 e. The quantitative estimate of drug-likeness (QED) is 0.924. The van der Waals surface area contributed by atoms with Crippen molar-refractivity contribution >= 4 is 11.5 Å². The molecule has 21 heavy (non-hydrogen) atoms. The summed E-state index contributed by atoms with van der Waals surface area (Å²) in [5.41, 5.74) is 6.58. The van der Waals surface area contributed by atoms with E-state index in [4.69, 9.17) is 10.5 Å². The minimum atomic E-state index is 0.0825. The van der Waals surface area contributed by atoms with Gasteiger partial charge in [-0.25, -0.2) is 0 Å². The molecule has 1 aromatic rings. The Morgan fingerprint density at radius 2 is 2.14 bits per heavy atom. The fourth-order valence-corrected chi connectivity index (χ4v) is 3.43. The van der Waals surface area contributed by atoms with Gasteiger partial charge >= 0.3 is 0 Å². The Labute approximate surface area is 127 Å². The number of nitrogens with zero attached hydrogens (tertiary/aromatic N) is 3. The summed E-state index contributed by atoms with van der Waals surface area (Å²) < 4.78 is 5.73. The van der Waals surface area contributed by atoms with Crippen LogP contribution in [0, 0.1) is 0 Å². The highest BCUT2D eigenvalue weighted by Crippen LogP contribution is 2.30. The molecule has 0 spiro atoms. The highest BCUT2D eigenvalue weighted by molar-refractivity contribution is 5.55. The third-order valence-corrected chi connectivity index (χ3v) is 4.45. The molecule has 2 fully saturated rings. The summed E-state index contributed by atoms with van der Waals surface area (Å²) in [5, 5.41) is 0. The van der Waals surface area contributed by atoms with Gasteiger partial charge in [0.05, 0.1) is 11.8 Å². The highest BCUT2D eigenvalue weighted by atomic mass is 16.5. The third kappa shape index (κ3) is 2.93. The SMILES string of the molecule is CC(C)Oc1nc(N2CC3CCCN3CC2C)ccc1N. The van der Waals surface area contributed by atoms with E-state index >= 15 is 0 Å². The monoisotopic (exact) mass is 290 g/mol. The van der Waals surface area contributed by atoms with E-state index < -0.39 is 0 Å². The molecule has 0 amide bonds. The second kappa shape index (κ2) is 5.72. The van der Waals surface area contributed by atoms with Gasteiger partial charge in [-0.1, -0.05) is 0 Å². The van der Waals surface area contributed by atoms with Crippen molar-refractivity contribution < 1.29 is 4.74 Å². The van der Waals surface area contributed by atoms with E-state index in [1.165, 1.54) is 19.4 Å². The molecule has 2 unspecified atom stereocenters. The zero-order valence-corrected chi connectivity index (χ0v) is 13.2. The van der Waals surface area contributed by atoms with E-state index in [0.29, 0.717) is 23.7 Å². The number of nitrogens with two attached hydrogens (primary N) is 1. The Hall–Kier alpha value is -1.49. The van der Waals surface area contributed by atoms with Gasteiger partial charge in [-0.2, -0.15) is 4.98 Å². The summed E-state index contributed by atoms with van der Waals surface area (Å²) in [6, 6.07) is 5.08. The van der Waals surface area contributed by atoms with Gasteiger partial charge in [-0.05, 0) is 52.3 Å². The Morgan fingerprint density at radius 1 is 1.33 bits per heavy atom. The van der Waals surface area contributed by atoms with Crippen LogP contribution in [0.5, 0.6) is 5.88 Å². The largest absolute Gasteiger partial charge is 0.473 e. The van der Waals surface area contributed by atoms with Crippen molar-refractivity contribution in [3.05, 3.63) is 12.1 Å². The van der Waals surface area contributed by atoms with Gasteiger partial charge in [0.25, 0.3) is 0 Å². The molecule has 1 aromatic heterocycles. The molecule has 2 N–H and O–H groups in total. The van der Waals surface area contributed by atoms with E-state index in [9.17, 15) is 0 Å². The summed E-state index contributed by atoms with van der Waals surface area (Å²) in [5.74, 6) is 1.54. The van der Waals surface area contributed by atoms with Crippen molar-refractivity contribution in [1.29, 1.82) is 0 Å². The van der Waals surface area contributed by atoms with Crippen molar-refractivity contribution in [3.8, 4) is 5.88 Å². The van der Waals surface area contributed by atoms with Gasteiger partial charge in [-0.15, -0.1) is 0 Å². The molecule has 116 valence electrons. The van der Waals surface area contributed by atoms with E-state index in [-0.39, 0.29) is 6.10 Å². The van der Waals surface area contributed by atoms with E-state index in [2.05, 4.69) is 21.7 Å². The van der Waals surface area contributed by atoms with Crippen molar-refractivity contribution in [3.63, 3.8) is 0 Å². The maximum atomic E-state index is 5.97. The first-order chi connectivity index (χ1) is 10.0. The number of piperazine rings is 1. The van der Waals surface area contributed by atoms with Gasteiger partial charge in [0.2, 0.25) is 5.88 Å². The predicted molar refractivity (Wildman–Crippen MR) is 85.8 cm³/mol. The Morgan fingerprint density at radius 3 is 2.90 bits per heavy atom. The van der Waals surface area contributed by atoms with Gasteiger partial charge in [0.15, 0.2) is 0 Å². The molecule has 0 aliphatic carbocycles. The number of fused-ring (bicyclic) bond motifs is 1. The Kier molecular flexibility index (Phi) is 3.93. The topological polar surface area (TPSA) is 54.6 Å². The normalized spacial score (nSPS) is 26.2. The van der Waals surface area contributed by atoms with Crippen molar-refractivity contribution in [2.75, 3.05) is 30.3 Å². The molecule has 5 nitrogen and oxygen atoms in total. The Bertz CT molecular complexity index is 505. The van der Waals surface area contributed by atoms with Crippen molar-refractivity contribution in [1.82, 2.24) is 9.88 Å². The second-order valence-electron chi connectivity index (χ2n) is 6.52. The molecule has 0 aromatic carbocycles. The molecular formula is C16H26N4O. The zero-order valence-electron chi connectivity index (χ0n) is 13.2. The number of hydrogen-bond acceptors (Lipinski definition) is 5. The average molecular weight is 290 g/mol. The number of anilines is 2. The van der Waals surface area contributed by atoms with Crippen molar-refractivity contribution in [2.45, 2.75) is 51.8 Å². The first-order valence-corrected chi connectivity index (χ1v) is 7.98. The van der Waals surface area contributed by atoms with Crippen LogP contribution in [-0.2, 0) is 0 Å². The predicted octanol–water partition coefficient (Wildman–Crippen LogP) is 2.12. The standard InChI is InChI=1S/C16H26N4O/c1-11(2)21-16-14(17)6-7-15(18-16)20-10-13-5-4-8-19(13)9-12(20)3/h6-7,11-13H,4-5,8-10,17H2,1-3H3. The van der Waals surface area contributed by atoms with Crippen LogP contribution in [0.15, 0.2) is 12.1 Å². The number of rotatable bonds is 3. The van der Waals surface area contributed by atoms with Gasteiger partial charge < -0.3 is 15.4 Å². The van der Waals surface area contributed by atoms with Crippen LogP contribution in [0.3, 0.4) is 0 Å². The lowest BCUT2D eigenvalue weighted by Crippen LogP contribution is -2.55. The first-order valence-electron chi connectivity index (χ1n) is 7.98. The van der Waals surface area contributed by atoms with Crippen LogP contribution >= 0.6 is 0 Å². The second-order valence-corrected chi connectivity index (χ2v) is 6.52. The van der Waals surface area contributed by atoms with Crippen LogP contribution in [-0.4, -0.2) is 47.7 Å². The molecule has 0 radical (unpaired) electrons. The van der Waals surface area contributed by atoms with Gasteiger partial charge in [0, 0.05) is 25.2 Å². The molecule has 2 aliphatic rings. The molecular weight excluding hydrogens is 264 g/mol. The molecule has 3 rings (SSSR count). The van der Waals surface area contributed by atoms with E-state index in [0.717, 1.165) is 18.9 Å². The maximum absolute atomic E-state index is 5.97. The average Bonchev–Trinajstić information content (AvgIpc) is 2.87. The first kappa shape index (κ1) is 14.4. The molecule has 3 heterocycles. The third-order valence-electron chi connectivity index (χ3n) is 4.45. The van der Waals surface area contributed by atoms with Crippen LogP contribution in [0.25, 0.3) is 0 Å². The summed E-state index contributed by atoms with van der Waals surface area (Å²) in [4.78, 5) is 9.68. The Balaban J connectivity index is 1.82. The summed E-state index contributed by atoms with van der Waals surface area (Å²) in [6.45, 7) is 9.69. The van der Waals surface area contributed by atoms with E-state index in [1.807, 2.05) is 26.0 Å². The van der Waals surface area contributed by atoms with Gasteiger partial charge in [0.1, 0.15) is 5.82 Å². The number of pyridine rings is 1. The van der Waals surface area contributed by atoms with Gasteiger partial charge in [-0.3, -0.25) is 4.90 Å². The van der Waals surface area contributed by atoms with Crippen molar-refractivity contribution in [2.24, 2.45) is 0 Å². The lowest BCUT2D eigenvalue weighted by molar-refractivity contribution is 0.201. The molecule has 2 atom stereocenters. The summed E-state index contributed by atoms with van der Waals surface area (Å²) >= 11 is 0. The number of hydrogen-bond donors (Lipinski definition) is 1. The summed E-state index contributed by atoms with van der Waals surface area (Å²) in [7, 11) is 0. The molecule has 5 heteroatoms. The fraction of sp³-hybridized carbons (Fsp3) is 0.688. The minimum Gasteiger partial charge on any atom is -0.473 e. The lowest BCUT2D eigenvalue weighted by atomic mass is 10.1. The maximum Gasteiger partial charge on any atom is 0.239 e. The number of aromatic nitrogens is 1. The molecule has 0 bridgehead atoms. The lowest BCUT2D eigenvalue weighted by Gasteiger charge is -2.43. The molecule has 0 saturated carbocycles. The minimum absolute atomic E-state index is 0.0825.